The Hall–Kier alpha value is -2.74. The topological polar surface area (TPSA) is 29.4 Å². The van der Waals surface area contributed by atoms with Gasteiger partial charge in [-0.25, -0.2) is 4.99 Å². The van der Waals surface area contributed by atoms with Crippen molar-refractivity contribution < 1.29 is 4.79 Å². The van der Waals surface area contributed by atoms with Crippen LogP contribution in [0.1, 0.15) is 27.0 Å². The molecule has 2 heteroatoms. The van der Waals surface area contributed by atoms with Crippen LogP contribution < -0.4 is 0 Å². The summed E-state index contributed by atoms with van der Waals surface area (Å²) in [5.41, 5.74) is 5.40. The van der Waals surface area contributed by atoms with Gasteiger partial charge in [0.1, 0.15) is 5.71 Å². The largest absolute Gasteiger partial charge is 0.287 e. The molecule has 4 rings (SSSR count). The molecule has 0 amide bonds. The standard InChI is InChI=1S/C20H15NO/c1-12-9-10-17(13(2)11-12)21-19-15-7-3-5-14-6-4-8-16(18(14)15)20(19)22/h3-11H,1-2H3/b21-19+. The Bertz CT molecular complexity index is 961. The molecule has 0 radical (unpaired) electrons. The summed E-state index contributed by atoms with van der Waals surface area (Å²) in [6, 6.07) is 18.0. The zero-order chi connectivity index (χ0) is 15.3. The van der Waals surface area contributed by atoms with Crippen LogP contribution >= 0.6 is 0 Å². The maximum atomic E-state index is 12.7. The first-order valence-electron chi connectivity index (χ1n) is 7.38. The molecule has 0 unspecified atom stereocenters. The van der Waals surface area contributed by atoms with E-state index in [9.17, 15) is 4.79 Å². The van der Waals surface area contributed by atoms with Gasteiger partial charge in [-0.15, -0.1) is 0 Å². The summed E-state index contributed by atoms with van der Waals surface area (Å²) in [6.45, 7) is 4.08. The Morgan fingerprint density at radius 3 is 2.32 bits per heavy atom. The zero-order valence-corrected chi connectivity index (χ0v) is 12.6. The van der Waals surface area contributed by atoms with Crippen LogP contribution in [0.2, 0.25) is 0 Å². The molecule has 1 aliphatic carbocycles. The first-order valence-corrected chi connectivity index (χ1v) is 7.38. The van der Waals surface area contributed by atoms with Crippen molar-refractivity contribution in [2.45, 2.75) is 13.8 Å². The molecule has 0 heterocycles. The summed E-state index contributed by atoms with van der Waals surface area (Å²) in [6.07, 6.45) is 0. The number of benzene rings is 3. The Balaban J connectivity index is 1.97. The van der Waals surface area contributed by atoms with Crippen LogP contribution in [-0.4, -0.2) is 11.5 Å². The molecule has 0 aromatic heterocycles. The van der Waals surface area contributed by atoms with E-state index >= 15 is 0 Å². The molecular formula is C20H15NO. The highest BCUT2D eigenvalue weighted by molar-refractivity contribution is 6.59. The molecule has 0 N–H and O–H groups in total. The molecule has 0 saturated heterocycles. The lowest BCUT2D eigenvalue weighted by atomic mass is 10.1. The summed E-state index contributed by atoms with van der Waals surface area (Å²) in [5.74, 6) is 0.0202. The van der Waals surface area contributed by atoms with Crippen LogP contribution in [-0.2, 0) is 0 Å². The maximum Gasteiger partial charge on any atom is 0.212 e. The van der Waals surface area contributed by atoms with Crippen LogP contribution in [0, 0.1) is 13.8 Å². The molecule has 3 aromatic rings. The molecule has 2 nitrogen and oxygen atoms in total. The molecule has 22 heavy (non-hydrogen) atoms. The number of aryl methyl sites for hydroxylation is 2. The highest BCUT2D eigenvalue weighted by atomic mass is 16.1. The van der Waals surface area contributed by atoms with Gasteiger partial charge in [0, 0.05) is 16.5 Å². The van der Waals surface area contributed by atoms with E-state index in [4.69, 9.17) is 0 Å². The smallest absolute Gasteiger partial charge is 0.212 e. The van der Waals surface area contributed by atoms with Crippen molar-refractivity contribution in [3.8, 4) is 0 Å². The average Bonchev–Trinajstić information content (AvgIpc) is 2.78. The zero-order valence-electron chi connectivity index (χ0n) is 12.6. The SMILES string of the molecule is Cc1ccc(/N=C2/C(=O)c3cccc4cccc2c34)c(C)c1. The van der Waals surface area contributed by atoms with Gasteiger partial charge in [0.15, 0.2) is 0 Å². The van der Waals surface area contributed by atoms with Crippen molar-refractivity contribution in [2.24, 2.45) is 4.99 Å². The maximum absolute atomic E-state index is 12.7. The van der Waals surface area contributed by atoms with Crippen molar-refractivity contribution in [3.05, 3.63) is 76.9 Å². The Kier molecular flexibility index (Phi) is 2.73. The number of nitrogens with zero attached hydrogens (tertiary/aromatic N) is 1. The summed E-state index contributed by atoms with van der Waals surface area (Å²) < 4.78 is 0. The highest BCUT2D eigenvalue weighted by Gasteiger charge is 2.28. The molecule has 1 aliphatic rings. The van der Waals surface area contributed by atoms with Gasteiger partial charge in [0.2, 0.25) is 5.78 Å². The number of rotatable bonds is 1. The van der Waals surface area contributed by atoms with Crippen molar-refractivity contribution in [1.82, 2.24) is 0 Å². The van der Waals surface area contributed by atoms with E-state index in [1.54, 1.807) is 0 Å². The van der Waals surface area contributed by atoms with E-state index in [0.717, 1.165) is 33.2 Å². The lowest BCUT2D eigenvalue weighted by Crippen LogP contribution is -2.08. The lowest BCUT2D eigenvalue weighted by Gasteiger charge is -2.04. The summed E-state index contributed by atoms with van der Waals surface area (Å²) in [4.78, 5) is 17.4. The number of carbonyl (C=O) groups excluding carboxylic acids is 1. The van der Waals surface area contributed by atoms with Crippen molar-refractivity contribution in [2.75, 3.05) is 0 Å². The number of aliphatic imine (C=N–C) groups is 1. The molecule has 0 atom stereocenters. The molecule has 0 fully saturated rings. The van der Waals surface area contributed by atoms with Crippen LogP contribution in [0.5, 0.6) is 0 Å². The van der Waals surface area contributed by atoms with Gasteiger partial charge in [-0.3, -0.25) is 4.79 Å². The second kappa shape index (κ2) is 4.63. The first-order chi connectivity index (χ1) is 10.6. The molecule has 0 aliphatic heterocycles. The van der Waals surface area contributed by atoms with E-state index < -0.39 is 0 Å². The fourth-order valence-electron chi connectivity index (χ4n) is 3.14. The Morgan fingerprint density at radius 2 is 1.59 bits per heavy atom. The fourth-order valence-corrected chi connectivity index (χ4v) is 3.14. The van der Waals surface area contributed by atoms with Crippen LogP contribution in [0.25, 0.3) is 10.8 Å². The van der Waals surface area contributed by atoms with E-state index in [0.29, 0.717) is 5.71 Å². The van der Waals surface area contributed by atoms with Gasteiger partial charge in [-0.2, -0.15) is 0 Å². The summed E-state index contributed by atoms with van der Waals surface area (Å²) >= 11 is 0. The predicted octanol–water partition coefficient (Wildman–Crippen LogP) is 4.77. The number of ketones is 1. The molecule has 0 saturated carbocycles. The van der Waals surface area contributed by atoms with Crippen molar-refractivity contribution in [1.29, 1.82) is 0 Å². The third-order valence-corrected chi connectivity index (χ3v) is 4.20. The second-order valence-corrected chi connectivity index (χ2v) is 5.79. The van der Waals surface area contributed by atoms with Crippen LogP contribution in [0.3, 0.4) is 0 Å². The average molecular weight is 285 g/mol. The van der Waals surface area contributed by atoms with Crippen LogP contribution in [0.15, 0.2) is 59.6 Å². The van der Waals surface area contributed by atoms with E-state index in [2.05, 4.69) is 18.0 Å². The third-order valence-electron chi connectivity index (χ3n) is 4.20. The van der Waals surface area contributed by atoms with E-state index in [-0.39, 0.29) is 5.78 Å². The fraction of sp³-hybridized carbons (Fsp3) is 0.100. The number of carbonyl (C=O) groups is 1. The van der Waals surface area contributed by atoms with Crippen LogP contribution in [0.4, 0.5) is 5.69 Å². The monoisotopic (exact) mass is 285 g/mol. The van der Waals surface area contributed by atoms with Gasteiger partial charge < -0.3 is 0 Å². The molecule has 106 valence electrons. The highest BCUT2D eigenvalue weighted by Crippen LogP contribution is 2.32. The minimum absolute atomic E-state index is 0.0202. The number of hydrogen-bond acceptors (Lipinski definition) is 2. The minimum Gasteiger partial charge on any atom is -0.287 e. The normalized spacial score (nSPS) is 15.0. The first kappa shape index (κ1) is 13.0. The molecule has 3 aromatic carbocycles. The number of Topliss-reactive ketones (excluding diaryl/α,β-unsaturated/α-hetero) is 1. The Morgan fingerprint density at radius 1 is 0.864 bits per heavy atom. The van der Waals surface area contributed by atoms with E-state index in [1.807, 2.05) is 55.5 Å². The predicted molar refractivity (Wildman–Crippen MR) is 90.4 cm³/mol. The van der Waals surface area contributed by atoms with Gasteiger partial charge in [0.25, 0.3) is 0 Å². The lowest BCUT2D eigenvalue weighted by molar-refractivity contribution is 0.107. The molecule has 0 bridgehead atoms. The minimum atomic E-state index is 0.0202. The summed E-state index contributed by atoms with van der Waals surface area (Å²) in [5, 5.41) is 2.12. The molecular weight excluding hydrogens is 270 g/mol. The Labute approximate surface area is 129 Å². The van der Waals surface area contributed by atoms with Gasteiger partial charge >= 0.3 is 0 Å². The van der Waals surface area contributed by atoms with Crippen molar-refractivity contribution in [3.63, 3.8) is 0 Å². The third kappa shape index (κ3) is 1.81. The quantitative estimate of drug-likeness (QED) is 0.633. The number of hydrogen-bond donors (Lipinski definition) is 0. The van der Waals surface area contributed by atoms with Crippen molar-refractivity contribution >= 4 is 28.0 Å². The molecule has 0 spiro atoms. The van der Waals surface area contributed by atoms with Gasteiger partial charge in [-0.1, -0.05) is 54.1 Å². The van der Waals surface area contributed by atoms with E-state index in [1.165, 1.54) is 5.56 Å². The second-order valence-electron chi connectivity index (χ2n) is 5.79. The summed E-state index contributed by atoms with van der Waals surface area (Å²) in [7, 11) is 0. The van der Waals surface area contributed by atoms with Gasteiger partial charge in [0.05, 0.1) is 5.69 Å². The van der Waals surface area contributed by atoms with Gasteiger partial charge in [-0.05, 0) is 30.9 Å².